The minimum Gasteiger partial charge on any atom is -0.376 e. The van der Waals surface area contributed by atoms with Crippen LogP contribution < -0.4 is 10.6 Å². The lowest BCUT2D eigenvalue weighted by Crippen LogP contribution is -2.41. The number of rotatable bonds is 6. The normalized spacial score (nSPS) is 18.4. The second-order valence-corrected chi connectivity index (χ2v) is 6.07. The summed E-state index contributed by atoms with van der Waals surface area (Å²) in [7, 11) is 0. The summed E-state index contributed by atoms with van der Waals surface area (Å²) in [5.74, 6) is 1.56. The van der Waals surface area contributed by atoms with Crippen molar-refractivity contribution >= 4 is 23.2 Å². The van der Waals surface area contributed by atoms with Gasteiger partial charge in [0.25, 0.3) is 0 Å². The molecule has 102 valence electrons. The Morgan fingerprint density at radius 2 is 1.95 bits per heavy atom. The molecule has 2 aliphatic carbocycles. The molecule has 3 rings (SSSR count). The summed E-state index contributed by atoms with van der Waals surface area (Å²) < 4.78 is 0. The Hall–Kier alpha value is -1.22. The number of amides is 1. The fourth-order valence-electron chi connectivity index (χ4n) is 2.55. The molecule has 0 spiro atoms. The zero-order chi connectivity index (χ0) is 13.2. The van der Waals surface area contributed by atoms with Gasteiger partial charge in [-0.3, -0.25) is 4.79 Å². The van der Waals surface area contributed by atoms with Gasteiger partial charge in [0.2, 0.25) is 5.91 Å². The minimum atomic E-state index is 0.0868. The second kappa shape index (κ2) is 5.41. The first kappa shape index (κ1) is 12.8. The lowest BCUT2D eigenvalue weighted by Gasteiger charge is -2.18. The predicted molar refractivity (Wildman–Crippen MR) is 77.3 cm³/mol. The van der Waals surface area contributed by atoms with E-state index < -0.39 is 0 Å². The van der Waals surface area contributed by atoms with Crippen LogP contribution in [-0.2, 0) is 4.79 Å². The average molecular weight is 279 g/mol. The molecule has 0 bridgehead atoms. The van der Waals surface area contributed by atoms with Gasteiger partial charge in [-0.05, 0) is 55.7 Å². The van der Waals surface area contributed by atoms with Crippen LogP contribution in [0.1, 0.15) is 25.7 Å². The van der Waals surface area contributed by atoms with Crippen LogP contribution in [0.15, 0.2) is 24.3 Å². The van der Waals surface area contributed by atoms with Gasteiger partial charge in [0.05, 0.1) is 6.54 Å². The number of hydrogen-bond acceptors (Lipinski definition) is 2. The Balaban J connectivity index is 1.48. The van der Waals surface area contributed by atoms with Gasteiger partial charge in [-0.1, -0.05) is 17.7 Å². The van der Waals surface area contributed by atoms with E-state index in [0.717, 1.165) is 17.5 Å². The molecule has 2 aliphatic rings. The molecule has 2 saturated carbocycles. The largest absolute Gasteiger partial charge is 0.376 e. The molecule has 0 radical (unpaired) electrons. The van der Waals surface area contributed by atoms with Crippen molar-refractivity contribution in [2.24, 2.45) is 11.8 Å². The lowest BCUT2D eigenvalue weighted by molar-refractivity contribution is -0.120. The third kappa shape index (κ3) is 3.63. The number of carbonyl (C=O) groups excluding carboxylic acids is 1. The molecular formula is C15H19ClN2O. The van der Waals surface area contributed by atoms with Crippen LogP contribution in [0.25, 0.3) is 0 Å². The topological polar surface area (TPSA) is 41.1 Å². The Labute approximate surface area is 118 Å². The van der Waals surface area contributed by atoms with Crippen LogP contribution in [-0.4, -0.2) is 18.5 Å². The third-order valence-electron chi connectivity index (χ3n) is 3.87. The third-order valence-corrected chi connectivity index (χ3v) is 4.10. The van der Waals surface area contributed by atoms with Gasteiger partial charge in [-0.25, -0.2) is 0 Å². The molecule has 3 nitrogen and oxygen atoms in total. The van der Waals surface area contributed by atoms with Crippen molar-refractivity contribution in [3.8, 4) is 0 Å². The Kier molecular flexibility index (Phi) is 3.65. The van der Waals surface area contributed by atoms with E-state index in [1.165, 1.54) is 25.7 Å². The first-order valence-corrected chi connectivity index (χ1v) is 7.39. The maximum absolute atomic E-state index is 12.0. The SMILES string of the molecule is O=C(CNc1cccc(Cl)c1)NC(C1CC1)C1CC1. The van der Waals surface area contributed by atoms with Crippen LogP contribution in [0.2, 0.25) is 5.02 Å². The van der Waals surface area contributed by atoms with Crippen molar-refractivity contribution in [3.05, 3.63) is 29.3 Å². The molecule has 0 saturated heterocycles. The maximum Gasteiger partial charge on any atom is 0.239 e. The summed E-state index contributed by atoms with van der Waals surface area (Å²) in [6.45, 7) is 0.316. The number of benzene rings is 1. The standard InChI is InChI=1S/C15H19ClN2O/c16-12-2-1-3-13(8-12)17-9-14(19)18-15(10-4-5-10)11-6-7-11/h1-3,8,10-11,15,17H,4-7,9H2,(H,18,19). The molecule has 1 aromatic carbocycles. The molecule has 2 N–H and O–H groups in total. The van der Waals surface area contributed by atoms with Crippen molar-refractivity contribution in [2.75, 3.05) is 11.9 Å². The zero-order valence-electron chi connectivity index (χ0n) is 10.9. The Morgan fingerprint density at radius 1 is 1.26 bits per heavy atom. The average Bonchev–Trinajstić information content (AvgIpc) is 3.27. The van der Waals surface area contributed by atoms with Crippen LogP contribution in [0, 0.1) is 11.8 Å². The molecule has 0 unspecified atom stereocenters. The second-order valence-electron chi connectivity index (χ2n) is 5.63. The van der Waals surface area contributed by atoms with E-state index in [1.807, 2.05) is 24.3 Å². The van der Waals surface area contributed by atoms with Gasteiger partial charge in [-0.15, -0.1) is 0 Å². The monoisotopic (exact) mass is 278 g/mol. The highest BCUT2D eigenvalue weighted by Gasteiger charge is 2.42. The van der Waals surface area contributed by atoms with Crippen LogP contribution in [0.3, 0.4) is 0 Å². The Bertz CT molecular complexity index is 457. The summed E-state index contributed by atoms with van der Waals surface area (Å²) in [5.41, 5.74) is 0.886. The van der Waals surface area contributed by atoms with E-state index in [0.29, 0.717) is 17.6 Å². The molecule has 1 amide bonds. The summed E-state index contributed by atoms with van der Waals surface area (Å²) in [5, 5.41) is 6.98. The number of carbonyl (C=O) groups is 1. The molecule has 4 heteroatoms. The number of nitrogens with one attached hydrogen (secondary N) is 2. The highest BCUT2D eigenvalue weighted by molar-refractivity contribution is 6.30. The quantitative estimate of drug-likeness (QED) is 0.840. The van der Waals surface area contributed by atoms with E-state index in [4.69, 9.17) is 11.6 Å². The fraction of sp³-hybridized carbons (Fsp3) is 0.533. The van der Waals surface area contributed by atoms with Crippen molar-refractivity contribution in [1.82, 2.24) is 5.32 Å². The molecule has 2 fully saturated rings. The van der Waals surface area contributed by atoms with E-state index in [2.05, 4.69) is 10.6 Å². The summed E-state index contributed by atoms with van der Waals surface area (Å²) >= 11 is 5.90. The Morgan fingerprint density at radius 3 is 2.53 bits per heavy atom. The van der Waals surface area contributed by atoms with Crippen molar-refractivity contribution in [2.45, 2.75) is 31.7 Å². The fourth-order valence-corrected chi connectivity index (χ4v) is 2.74. The molecular weight excluding hydrogens is 260 g/mol. The van der Waals surface area contributed by atoms with Crippen LogP contribution >= 0.6 is 11.6 Å². The highest BCUT2D eigenvalue weighted by atomic mass is 35.5. The molecule has 1 aromatic rings. The molecule has 0 heterocycles. The summed E-state index contributed by atoms with van der Waals surface area (Å²) in [6.07, 6.45) is 5.12. The van der Waals surface area contributed by atoms with Gasteiger partial charge in [0.15, 0.2) is 0 Å². The van der Waals surface area contributed by atoms with Crippen molar-refractivity contribution in [1.29, 1.82) is 0 Å². The van der Waals surface area contributed by atoms with Crippen LogP contribution in [0.5, 0.6) is 0 Å². The number of halogens is 1. The van der Waals surface area contributed by atoms with Gasteiger partial charge < -0.3 is 10.6 Å². The maximum atomic E-state index is 12.0. The van der Waals surface area contributed by atoms with E-state index in [-0.39, 0.29) is 5.91 Å². The first-order chi connectivity index (χ1) is 9.22. The van der Waals surface area contributed by atoms with Crippen molar-refractivity contribution < 1.29 is 4.79 Å². The van der Waals surface area contributed by atoms with Crippen LogP contribution in [0.4, 0.5) is 5.69 Å². The van der Waals surface area contributed by atoms with E-state index in [1.54, 1.807) is 0 Å². The van der Waals surface area contributed by atoms with Gasteiger partial charge in [0.1, 0.15) is 0 Å². The van der Waals surface area contributed by atoms with Gasteiger partial charge >= 0.3 is 0 Å². The first-order valence-electron chi connectivity index (χ1n) is 7.01. The lowest BCUT2D eigenvalue weighted by atomic mass is 10.1. The zero-order valence-corrected chi connectivity index (χ0v) is 11.6. The highest BCUT2D eigenvalue weighted by Crippen LogP contribution is 2.44. The number of anilines is 1. The van der Waals surface area contributed by atoms with Gasteiger partial charge in [0, 0.05) is 16.8 Å². The van der Waals surface area contributed by atoms with Crippen molar-refractivity contribution in [3.63, 3.8) is 0 Å². The van der Waals surface area contributed by atoms with E-state index in [9.17, 15) is 4.79 Å². The minimum absolute atomic E-state index is 0.0868. The molecule has 0 aliphatic heterocycles. The smallest absolute Gasteiger partial charge is 0.239 e. The van der Waals surface area contributed by atoms with E-state index >= 15 is 0 Å². The summed E-state index contributed by atoms with van der Waals surface area (Å²) in [4.78, 5) is 12.0. The van der Waals surface area contributed by atoms with Gasteiger partial charge in [-0.2, -0.15) is 0 Å². The summed E-state index contributed by atoms with van der Waals surface area (Å²) in [6, 6.07) is 7.86. The number of hydrogen-bond donors (Lipinski definition) is 2. The predicted octanol–water partition coefficient (Wildman–Crippen LogP) is 3.06. The molecule has 19 heavy (non-hydrogen) atoms. The molecule has 0 aromatic heterocycles. The molecule has 0 atom stereocenters.